The lowest BCUT2D eigenvalue weighted by atomic mass is 9.92. The lowest BCUT2D eigenvalue weighted by Gasteiger charge is -2.20. The van der Waals surface area contributed by atoms with Crippen LogP contribution in [-0.4, -0.2) is 34.9 Å². The highest BCUT2D eigenvalue weighted by atomic mass is 16.5. The first-order valence-electron chi connectivity index (χ1n) is 6.58. The highest BCUT2D eigenvalue weighted by Gasteiger charge is 2.52. The summed E-state index contributed by atoms with van der Waals surface area (Å²) in [5.74, 6) is 2.78. The van der Waals surface area contributed by atoms with E-state index in [1.807, 2.05) is 7.05 Å². The monoisotopic (exact) mass is 265 g/mol. The van der Waals surface area contributed by atoms with Gasteiger partial charge in [-0.05, 0) is 37.1 Å². The van der Waals surface area contributed by atoms with E-state index in [4.69, 9.17) is 14.2 Å². The second-order valence-electron chi connectivity index (χ2n) is 5.21. The molecule has 1 aromatic carbocycles. The molecule has 0 amide bonds. The number of nitrogens with one attached hydrogen (secondary N) is 1. The second kappa shape index (κ2) is 5.29. The lowest BCUT2D eigenvalue weighted by molar-refractivity contribution is 0.323. The molecule has 0 spiro atoms. The van der Waals surface area contributed by atoms with Crippen molar-refractivity contribution in [1.82, 2.24) is 5.32 Å². The minimum Gasteiger partial charge on any atom is -0.493 e. The molecule has 0 bridgehead atoms. The molecule has 0 radical (unpaired) electrons. The van der Waals surface area contributed by atoms with Crippen LogP contribution in [0.5, 0.6) is 17.2 Å². The Morgan fingerprint density at radius 1 is 1.16 bits per heavy atom. The average Bonchev–Trinajstić information content (AvgIpc) is 3.08. The zero-order valence-electron chi connectivity index (χ0n) is 12.4. The molecule has 4 heteroatoms. The number of rotatable bonds is 6. The van der Waals surface area contributed by atoms with Crippen LogP contribution < -0.4 is 19.5 Å². The summed E-state index contributed by atoms with van der Waals surface area (Å²) in [4.78, 5) is 0. The molecule has 0 heterocycles. The predicted octanol–water partition coefficient (Wildman–Crippen LogP) is 2.21. The first-order chi connectivity index (χ1) is 9.12. The van der Waals surface area contributed by atoms with Gasteiger partial charge in [-0.25, -0.2) is 0 Å². The Morgan fingerprint density at radius 3 is 2.00 bits per heavy atom. The lowest BCUT2D eigenvalue weighted by Crippen LogP contribution is -2.25. The van der Waals surface area contributed by atoms with Crippen LogP contribution in [0.1, 0.15) is 18.9 Å². The van der Waals surface area contributed by atoms with E-state index in [1.54, 1.807) is 21.3 Å². The van der Waals surface area contributed by atoms with Crippen LogP contribution in [0.15, 0.2) is 12.1 Å². The molecule has 2 rings (SSSR count). The fourth-order valence-corrected chi connectivity index (χ4v) is 2.92. The molecule has 0 aromatic heterocycles. The van der Waals surface area contributed by atoms with Gasteiger partial charge in [-0.3, -0.25) is 0 Å². The highest BCUT2D eigenvalue weighted by Crippen LogP contribution is 2.56. The zero-order chi connectivity index (χ0) is 14.0. The summed E-state index contributed by atoms with van der Waals surface area (Å²) in [6, 6.07) is 4.14. The van der Waals surface area contributed by atoms with Gasteiger partial charge in [0.2, 0.25) is 5.75 Å². The SMILES string of the molecule is CNCC1(c2cc(OC)c(OC)c(OC)c2)CC1C. The van der Waals surface area contributed by atoms with Crippen LogP contribution in [0.25, 0.3) is 0 Å². The first kappa shape index (κ1) is 14.0. The summed E-state index contributed by atoms with van der Waals surface area (Å²) >= 11 is 0. The summed E-state index contributed by atoms with van der Waals surface area (Å²) in [5.41, 5.74) is 1.45. The number of ether oxygens (including phenoxy) is 3. The zero-order valence-corrected chi connectivity index (χ0v) is 12.4. The molecule has 19 heavy (non-hydrogen) atoms. The van der Waals surface area contributed by atoms with Crippen molar-refractivity contribution in [3.05, 3.63) is 17.7 Å². The molecular formula is C15H23NO3. The molecule has 2 unspecified atom stereocenters. The number of benzene rings is 1. The van der Waals surface area contributed by atoms with Crippen LogP contribution in [0.3, 0.4) is 0 Å². The van der Waals surface area contributed by atoms with Gasteiger partial charge in [0, 0.05) is 12.0 Å². The minimum atomic E-state index is 0.196. The van der Waals surface area contributed by atoms with Crippen molar-refractivity contribution >= 4 is 0 Å². The molecule has 2 atom stereocenters. The molecule has 1 aliphatic rings. The summed E-state index contributed by atoms with van der Waals surface area (Å²) < 4.78 is 16.2. The maximum absolute atomic E-state index is 5.43. The molecule has 0 aliphatic heterocycles. The molecule has 1 N–H and O–H groups in total. The van der Waals surface area contributed by atoms with Crippen molar-refractivity contribution in [2.75, 3.05) is 34.9 Å². The molecule has 1 aromatic rings. The quantitative estimate of drug-likeness (QED) is 0.856. The number of hydrogen-bond acceptors (Lipinski definition) is 4. The number of methoxy groups -OCH3 is 3. The summed E-state index contributed by atoms with van der Waals surface area (Å²) in [7, 11) is 6.93. The molecule has 4 nitrogen and oxygen atoms in total. The number of hydrogen-bond donors (Lipinski definition) is 1. The van der Waals surface area contributed by atoms with Crippen molar-refractivity contribution < 1.29 is 14.2 Å². The molecular weight excluding hydrogens is 242 g/mol. The third-order valence-electron chi connectivity index (χ3n) is 4.19. The summed E-state index contributed by atoms with van der Waals surface area (Å²) in [6.45, 7) is 3.24. The Hall–Kier alpha value is -1.42. The normalized spacial score (nSPS) is 25.0. The van der Waals surface area contributed by atoms with Gasteiger partial charge in [0.15, 0.2) is 11.5 Å². The van der Waals surface area contributed by atoms with E-state index in [0.717, 1.165) is 18.0 Å². The summed E-state index contributed by atoms with van der Waals surface area (Å²) in [5, 5.41) is 3.29. The van der Waals surface area contributed by atoms with Crippen molar-refractivity contribution in [3.8, 4) is 17.2 Å². The average molecular weight is 265 g/mol. The summed E-state index contributed by atoms with van der Waals surface area (Å²) in [6.07, 6.45) is 1.19. The first-order valence-corrected chi connectivity index (χ1v) is 6.58. The maximum atomic E-state index is 5.43. The molecule has 1 fully saturated rings. The smallest absolute Gasteiger partial charge is 0.203 e. The third kappa shape index (κ3) is 2.25. The van der Waals surface area contributed by atoms with Gasteiger partial charge in [-0.15, -0.1) is 0 Å². The van der Waals surface area contributed by atoms with Crippen LogP contribution >= 0.6 is 0 Å². The van der Waals surface area contributed by atoms with Gasteiger partial charge in [0.25, 0.3) is 0 Å². The molecule has 0 saturated heterocycles. The Labute approximate surface area is 115 Å². The molecule has 1 saturated carbocycles. The van der Waals surface area contributed by atoms with Gasteiger partial charge in [-0.2, -0.15) is 0 Å². The third-order valence-corrected chi connectivity index (χ3v) is 4.19. The predicted molar refractivity (Wildman–Crippen MR) is 75.5 cm³/mol. The van der Waals surface area contributed by atoms with Gasteiger partial charge in [0.1, 0.15) is 0 Å². The van der Waals surface area contributed by atoms with Gasteiger partial charge in [0.05, 0.1) is 21.3 Å². The second-order valence-corrected chi connectivity index (χ2v) is 5.21. The Balaban J connectivity index is 2.47. The van der Waals surface area contributed by atoms with Crippen LogP contribution in [0.4, 0.5) is 0 Å². The Morgan fingerprint density at radius 2 is 1.68 bits per heavy atom. The van der Waals surface area contributed by atoms with E-state index in [9.17, 15) is 0 Å². The Kier molecular flexibility index (Phi) is 3.90. The Bertz CT molecular complexity index is 436. The van der Waals surface area contributed by atoms with Crippen molar-refractivity contribution in [2.45, 2.75) is 18.8 Å². The van der Waals surface area contributed by atoms with E-state index >= 15 is 0 Å². The van der Waals surface area contributed by atoms with Crippen LogP contribution in [-0.2, 0) is 5.41 Å². The van der Waals surface area contributed by atoms with E-state index in [-0.39, 0.29) is 5.41 Å². The minimum absolute atomic E-state index is 0.196. The highest BCUT2D eigenvalue weighted by molar-refractivity contribution is 5.56. The van der Waals surface area contributed by atoms with E-state index in [0.29, 0.717) is 11.7 Å². The maximum Gasteiger partial charge on any atom is 0.203 e. The molecule has 106 valence electrons. The van der Waals surface area contributed by atoms with E-state index < -0.39 is 0 Å². The van der Waals surface area contributed by atoms with Gasteiger partial charge >= 0.3 is 0 Å². The van der Waals surface area contributed by atoms with Gasteiger partial charge in [-0.1, -0.05) is 6.92 Å². The standard InChI is InChI=1S/C15H23NO3/c1-10-8-15(10,9-16-2)11-6-12(17-3)14(19-5)13(7-11)18-4/h6-7,10,16H,8-9H2,1-5H3. The number of likely N-dealkylation sites (N-methyl/N-ethyl adjacent to an activating group) is 1. The fourth-order valence-electron chi connectivity index (χ4n) is 2.92. The van der Waals surface area contributed by atoms with E-state index in [2.05, 4.69) is 24.4 Å². The fraction of sp³-hybridized carbons (Fsp3) is 0.600. The van der Waals surface area contributed by atoms with Crippen LogP contribution in [0, 0.1) is 5.92 Å². The molecule has 1 aliphatic carbocycles. The van der Waals surface area contributed by atoms with Crippen molar-refractivity contribution in [2.24, 2.45) is 5.92 Å². The largest absolute Gasteiger partial charge is 0.493 e. The van der Waals surface area contributed by atoms with E-state index in [1.165, 1.54) is 12.0 Å². The van der Waals surface area contributed by atoms with Crippen molar-refractivity contribution in [1.29, 1.82) is 0 Å². The van der Waals surface area contributed by atoms with Crippen molar-refractivity contribution in [3.63, 3.8) is 0 Å². The topological polar surface area (TPSA) is 39.7 Å². The van der Waals surface area contributed by atoms with Crippen LogP contribution in [0.2, 0.25) is 0 Å². The van der Waals surface area contributed by atoms with Gasteiger partial charge < -0.3 is 19.5 Å².